The number of carbonyl (C=O) groups excluding carboxylic acids is 2. The molecule has 8 nitrogen and oxygen atoms in total. The van der Waals surface area contributed by atoms with Gasteiger partial charge in [-0.15, -0.1) is 0 Å². The molecule has 1 fully saturated rings. The number of rotatable bonds is 7. The van der Waals surface area contributed by atoms with Gasteiger partial charge in [0.25, 0.3) is 5.91 Å². The van der Waals surface area contributed by atoms with Crippen molar-refractivity contribution in [3.05, 3.63) is 53.6 Å². The molecule has 2 aromatic carbocycles. The van der Waals surface area contributed by atoms with Crippen LogP contribution in [0.15, 0.2) is 47.6 Å². The molecule has 2 aromatic rings. The quantitative estimate of drug-likeness (QED) is 0.544. The molecule has 31 heavy (non-hydrogen) atoms. The first-order chi connectivity index (χ1) is 15.0. The number of amides is 2. The fraction of sp³-hybridized carbons (Fsp3) is 0.348. The Bertz CT molecular complexity index is 935. The zero-order chi connectivity index (χ0) is 22.2. The molecule has 0 unspecified atom stereocenters. The molecular weight excluding hydrogens is 398 g/mol. The van der Waals surface area contributed by atoms with Crippen molar-refractivity contribution in [1.82, 2.24) is 10.3 Å². The van der Waals surface area contributed by atoms with Crippen LogP contribution in [0.5, 0.6) is 17.2 Å². The average Bonchev–Trinajstić information content (AvgIpc) is 2.83. The van der Waals surface area contributed by atoms with Crippen LogP contribution in [0.1, 0.15) is 28.8 Å². The molecule has 1 N–H and O–H groups in total. The predicted octanol–water partition coefficient (Wildman–Crippen LogP) is 2.71. The van der Waals surface area contributed by atoms with Crippen LogP contribution in [-0.4, -0.2) is 57.3 Å². The Balaban J connectivity index is 1.52. The molecule has 0 bridgehead atoms. The lowest BCUT2D eigenvalue weighted by Crippen LogP contribution is -2.42. The van der Waals surface area contributed by atoms with E-state index in [0.717, 1.165) is 0 Å². The van der Waals surface area contributed by atoms with E-state index in [9.17, 15) is 9.59 Å². The van der Waals surface area contributed by atoms with Crippen LogP contribution in [0.2, 0.25) is 0 Å². The van der Waals surface area contributed by atoms with Crippen LogP contribution in [0.25, 0.3) is 0 Å². The van der Waals surface area contributed by atoms with Crippen LogP contribution in [-0.2, 0) is 4.79 Å². The van der Waals surface area contributed by atoms with Crippen molar-refractivity contribution in [3.63, 3.8) is 0 Å². The number of carbonyl (C=O) groups is 2. The van der Waals surface area contributed by atoms with Gasteiger partial charge in [0, 0.05) is 30.1 Å². The van der Waals surface area contributed by atoms with Gasteiger partial charge in [-0.25, -0.2) is 5.43 Å². The maximum Gasteiger partial charge on any atom is 0.253 e. The minimum atomic E-state index is -0.190. The third-order valence-corrected chi connectivity index (χ3v) is 5.31. The van der Waals surface area contributed by atoms with Gasteiger partial charge < -0.3 is 19.1 Å². The lowest BCUT2D eigenvalue weighted by atomic mass is 9.95. The van der Waals surface area contributed by atoms with Gasteiger partial charge >= 0.3 is 0 Å². The van der Waals surface area contributed by atoms with Crippen molar-refractivity contribution in [1.29, 1.82) is 0 Å². The number of hydrazone groups is 1. The maximum absolute atomic E-state index is 12.7. The Hall–Kier alpha value is -3.55. The van der Waals surface area contributed by atoms with Gasteiger partial charge in [-0.3, -0.25) is 9.59 Å². The highest BCUT2D eigenvalue weighted by molar-refractivity contribution is 5.94. The van der Waals surface area contributed by atoms with E-state index < -0.39 is 0 Å². The van der Waals surface area contributed by atoms with Gasteiger partial charge in [-0.1, -0.05) is 0 Å². The van der Waals surface area contributed by atoms with Crippen molar-refractivity contribution in [2.24, 2.45) is 11.0 Å². The van der Waals surface area contributed by atoms with Gasteiger partial charge in [0.2, 0.25) is 5.91 Å². The molecular formula is C23H27N3O5. The summed E-state index contributed by atoms with van der Waals surface area (Å²) in [6.07, 6.45) is 2.71. The first-order valence-corrected chi connectivity index (χ1v) is 10.0. The van der Waals surface area contributed by atoms with Crippen molar-refractivity contribution in [2.75, 3.05) is 34.4 Å². The number of ether oxygens (including phenoxy) is 3. The highest BCUT2D eigenvalue weighted by atomic mass is 16.5. The summed E-state index contributed by atoms with van der Waals surface area (Å²) < 4.78 is 15.6. The van der Waals surface area contributed by atoms with Crippen molar-refractivity contribution in [3.8, 4) is 17.2 Å². The standard InChI is InChI=1S/C23H27N3O5/c1-29-19-6-4-17(5-7-19)23(28)26-12-10-16(11-13-26)22(27)25-24-15-18-14-20(30-2)8-9-21(18)31-3/h4-9,14-16H,10-13H2,1-3H3,(H,25,27)/b24-15-. The summed E-state index contributed by atoms with van der Waals surface area (Å²) in [7, 11) is 4.74. The molecule has 8 heteroatoms. The summed E-state index contributed by atoms with van der Waals surface area (Å²) in [6.45, 7) is 1.05. The van der Waals surface area contributed by atoms with E-state index in [1.165, 1.54) is 6.21 Å². The zero-order valence-corrected chi connectivity index (χ0v) is 18.0. The summed E-state index contributed by atoms with van der Waals surface area (Å²) >= 11 is 0. The first kappa shape index (κ1) is 22.1. The Labute approximate surface area is 181 Å². The molecule has 1 aliphatic heterocycles. The van der Waals surface area contributed by atoms with Gasteiger partial charge in [0.15, 0.2) is 0 Å². The Morgan fingerprint density at radius 3 is 2.23 bits per heavy atom. The van der Waals surface area contributed by atoms with Crippen LogP contribution in [0.3, 0.4) is 0 Å². The van der Waals surface area contributed by atoms with Crippen LogP contribution >= 0.6 is 0 Å². The second kappa shape index (κ2) is 10.5. The highest BCUT2D eigenvalue weighted by Gasteiger charge is 2.27. The fourth-order valence-corrected chi connectivity index (χ4v) is 3.46. The third kappa shape index (κ3) is 5.53. The summed E-state index contributed by atoms with van der Waals surface area (Å²) in [5, 5.41) is 4.07. The fourth-order valence-electron chi connectivity index (χ4n) is 3.46. The first-order valence-electron chi connectivity index (χ1n) is 10.0. The van der Waals surface area contributed by atoms with Crippen molar-refractivity contribution < 1.29 is 23.8 Å². The molecule has 0 saturated carbocycles. The van der Waals surface area contributed by atoms with Crippen LogP contribution in [0.4, 0.5) is 0 Å². The Morgan fingerprint density at radius 2 is 1.61 bits per heavy atom. The summed E-state index contributed by atoms with van der Waals surface area (Å²) in [6, 6.07) is 12.4. The SMILES string of the molecule is COc1ccc(C(=O)N2CCC(C(=O)N/N=C\c3cc(OC)ccc3OC)CC2)cc1. The summed E-state index contributed by atoms with van der Waals surface area (Å²) in [5.41, 5.74) is 3.90. The number of likely N-dealkylation sites (tertiary alicyclic amines) is 1. The maximum atomic E-state index is 12.7. The monoisotopic (exact) mass is 425 g/mol. The summed E-state index contributed by atoms with van der Waals surface area (Å²) in [5.74, 6) is 1.62. The van der Waals surface area contributed by atoms with Gasteiger partial charge in [0.05, 0.1) is 27.5 Å². The molecule has 1 saturated heterocycles. The largest absolute Gasteiger partial charge is 0.497 e. The van der Waals surface area contributed by atoms with Crippen molar-refractivity contribution in [2.45, 2.75) is 12.8 Å². The van der Waals surface area contributed by atoms with Gasteiger partial charge in [-0.2, -0.15) is 5.10 Å². The minimum absolute atomic E-state index is 0.0374. The number of nitrogens with zero attached hydrogens (tertiary/aromatic N) is 2. The number of benzene rings is 2. The molecule has 0 atom stereocenters. The van der Waals surface area contributed by atoms with E-state index in [1.807, 2.05) is 0 Å². The normalized spacial score (nSPS) is 14.4. The second-order valence-electron chi connectivity index (χ2n) is 7.14. The number of piperidine rings is 1. The van der Waals surface area contributed by atoms with E-state index in [1.54, 1.807) is 68.7 Å². The molecule has 3 rings (SSSR count). The van der Waals surface area contributed by atoms with Crippen LogP contribution in [0, 0.1) is 5.92 Å². The molecule has 0 spiro atoms. The number of hydrogen-bond acceptors (Lipinski definition) is 6. The molecule has 0 aliphatic carbocycles. The number of hydrogen-bond donors (Lipinski definition) is 1. The zero-order valence-electron chi connectivity index (χ0n) is 18.0. The van der Waals surface area contributed by atoms with E-state index in [-0.39, 0.29) is 17.7 Å². The molecule has 0 aromatic heterocycles. The van der Waals surface area contributed by atoms with E-state index >= 15 is 0 Å². The van der Waals surface area contributed by atoms with Crippen LogP contribution < -0.4 is 19.6 Å². The Morgan fingerprint density at radius 1 is 0.968 bits per heavy atom. The predicted molar refractivity (Wildman–Crippen MR) is 117 cm³/mol. The second-order valence-corrected chi connectivity index (χ2v) is 7.14. The topological polar surface area (TPSA) is 89.5 Å². The molecule has 1 aliphatic rings. The van der Waals surface area contributed by atoms with Gasteiger partial charge in [-0.05, 0) is 55.3 Å². The smallest absolute Gasteiger partial charge is 0.253 e. The molecule has 164 valence electrons. The molecule has 1 heterocycles. The number of methoxy groups -OCH3 is 3. The number of nitrogens with one attached hydrogen (secondary N) is 1. The third-order valence-electron chi connectivity index (χ3n) is 5.31. The van der Waals surface area contributed by atoms with Crippen molar-refractivity contribution >= 4 is 18.0 Å². The molecule has 0 radical (unpaired) electrons. The summed E-state index contributed by atoms with van der Waals surface area (Å²) in [4.78, 5) is 26.9. The average molecular weight is 425 g/mol. The van der Waals surface area contributed by atoms with E-state index in [2.05, 4.69) is 10.5 Å². The van der Waals surface area contributed by atoms with E-state index in [4.69, 9.17) is 14.2 Å². The lowest BCUT2D eigenvalue weighted by Gasteiger charge is -2.31. The highest BCUT2D eigenvalue weighted by Crippen LogP contribution is 2.23. The van der Waals surface area contributed by atoms with E-state index in [0.29, 0.717) is 54.3 Å². The lowest BCUT2D eigenvalue weighted by molar-refractivity contribution is -0.126. The minimum Gasteiger partial charge on any atom is -0.497 e. The molecule has 2 amide bonds. The Kier molecular flexibility index (Phi) is 7.48. The van der Waals surface area contributed by atoms with Gasteiger partial charge in [0.1, 0.15) is 17.2 Å².